The molecule has 1 fully saturated rings. The molecule has 110 valence electrons. The molecule has 0 amide bonds. The first kappa shape index (κ1) is 15.0. The van der Waals surface area contributed by atoms with E-state index in [1.54, 1.807) is 12.1 Å². The lowest BCUT2D eigenvalue weighted by molar-refractivity contribution is -0.144. The van der Waals surface area contributed by atoms with Gasteiger partial charge in [0, 0.05) is 6.04 Å². The monoisotopic (exact) mass is 279 g/mol. The van der Waals surface area contributed by atoms with Crippen molar-refractivity contribution in [3.05, 3.63) is 35.6 Å². The van der Waals surface area contributed by atoms with Crippen molar-refractivity contribution in [1.82, 2.24) is 4.90 Å². The first-order valence-corrected chi connectivity index (χ1v) is 7.36. The standard InChI is InChI=1S/C16H22FNO2/c1-2-20-16(19)12-15(18-10-4-3-5-11-18)13-6-8-14(17)9-7-13/h6-9,15H,2-5,10-12H2,1H3. The highest BCUT2D eigenvalue weighted by molar-refractivity contribution is 5.70. The fourth-order valence-corrected chi connectivity index (χ4v) is 2.75. The maximum absolute atomic E-state index is 13.1. The van der Waals surface area contributed by atoms with Crippen LogP contribution in [0.4, 0.5) is 4.39 Å². The molecule has 1 aromatic rings. The molecule has 0 bridgehead atoms. The Hall–Kier alpha value is -1.42. The second-order valence-corrected chi connectivity index (χ2v) is 5.17. The Morgan fingerprint density at radius 1 is 1.25 bits per heavy atom. The van der Waals surface area contributed by atoms with Crippen LogP contribution in [0.2, 0.25) is 0 Å². The SMILES string of the molecule is CCOC(=O)CC(c1ccc(F)cc1)N1CCCCC1. The zero-order valence-corrected chi connectivity index (χ0v) is 12.0. The van der Waals surface area contributed by atoms with Crippen molar-refractivity contribution in [2.24, 2.45) is 0 Å². The van der Waals surface area contributed by atoms with Crippen LogP contribution < -0.4 is 0 Å². The number of carbonyl (C=O) groups excluding carboxylic acids is 1. The average molecular weight is 279 g/mol. The molecule has 0 spiro atoms. The van der Waals surface area contributed by atoms with Crippen molar-refractivity contribution in [2.45, 2.75) is 38.6 Å². The maximum Gasteiger partial charge on any atom is 0.307 e. The summed E-state index contributed by atoms with van der Waals surface area (Å²) < 4.78 is 18.1. The molecular formula is C16H22FNO2. The molecule has 1 saturated heterocycles. The van der Waals surface area contributed by atoms with Crippen LogP contribution in [0, 0.1) is 5.82 Å². The van der Waals surface area contributed by atoms with Gasteiger partial charge in [-0.2, -0.15) is 0 Å². The van der Waals surface area contributed by atoms with Gasteiger partial charge in [0.2, 0.25) is 0 Å². The van der Waals surface area contributed by atoms with Crippen LogP contribution in [-0.2, 0) is 9.53 Å². The summed E-state index contributed by atoms with van der Waals surface area (Å²) in [6, 6.07) is 6.45. The summed E-state index contributed by atoms with van der Waals surface area (Å²) in [7, 11) is 0. The predicted molar refractivity (Wildman–Crippen MR) is 75.8 cm³/mol. The Kier molecular flexibility index (Phi) is 5.53. The molecule has 3 nitrogen and oxygen atoms in total. The number of benzene rings is 1. The fraction of sp³-hybridized carbons (Fsp3) is 0.562. The molecule has 0 N–H and O–H groups in total. The van der Waals surface area contributed by atoms with E-state index < -0.39 is 0 Å². The van der Waals surface area contributed by atoms with Crippen LogP contribution >= 0.6 is 0 Å². The van der Waals surface area contributed by atoms with Crippen molar-refractivity contribution in [1.29, 1.82) is 0 Å². The van der Waals surface area contributed by atoms with E-state index >= 15 is 0 Å². The minimum atomic E-state index is -0.248. The molecule has 2 rings (SSSR count). The highest BCUT2D eigenvalue weighted by Crippen LogP contribution is 2.28. The molecule has 0 saturated carbocycles. The van der Waals surface area contributed by atoms with E-state index in [1.807, 2.05) is 6.92 Å². The number of halogens is 1. The highest BCUT2D eigenvalue weighted by Gasteiger charge is 2.25. The largest absolute Gasteiger partial charge is 0.466 e. The van der Waals surface area contributed by atoms with Crippen molar-refractivity contribution in [3.63, 3.8) is 0 Å². The van der Waals surface area contributed by atoms with Gasteiger partial charge in [0.25, 0.3) is 0 Å². The van der Waals surface area contributed by atoms with Crippen LogP contribution in [0.5, 0.6) is 0 Å². The Balaban J connectivity index is 2.13. The summed E-state index contributed by atoms with van der Waals surface area (Å²) in [5, 5.41) is 0. The molecule has 1 atom stereocenters. The molecule has 20 heavy (non-hydrogen) atoms. The molecule has 0 radical (unpaired) electrons. The van der Waals surface area contributed by atoms with E-state index in [2.05, 4.69) is 4.90 Å². The minimum absolute atomic E-state index is 0.00468. The van der Waals surface area contributed by atoms with Crippen LogP contribution in [0.3, 0.4) is 0 Å². The van der Waals surface area contributed by atoms with E-state index in [0.717, 1.165) is 31.5 Å². The summed E-state index contributed by atoms with van der Waals surface area (Å²) in [4.78, 5) is 14.1. The second kappa shape index (κ2) is 7.39. The van der Waals surface area contributed by atoms with E-state index in [-0.39, 0.29) is 17.8 Å². The first-order chi connectivity index (χ1) is 9.70. The lowest BCUT2D eigenvalue weighted by Crippen LogP contribution is -2.35. The third-order valence-corrected chi connectivity index (χ3v) is 3.75. The minimum Gasteiger partial charge on any atom is -0.466 e. The van der Waals surface area contributed by atoms with E-state index in [4.69, 9.17) is 4.74 Å². The number of likely N-dealkylation sites (tertiary alicyclic amines) is 1. The number of hydrogen-bond donors (Lipinski definition) is 0. The Labute approximate surface area is 119 Å². The van der Waals surface area contributed by atoms with Gasteiger partial charge < -0.3 is 4.74 Å². The molecule has 1 aliphatic rings. The summed E-state index contributed by atoms with van der Waals surface area (Å²) in [5.41, 5.74) is 0.987. The molecule has 0 aromatic heterocycles. The van der Waals surface area contributed by atoms with Gasteiger partial charge in [0.1, 0.15) is 5.82 Å². The zero-order chi connectivity index (χ0) is 14.4. The summed E-state index contributed by atoms with van der Waals surface area (Å²) in [5.74, 6) is -0.435. The number of carbonyl (C=O) groups is 1. The smallest absolute Gasteiger partial charge is 0.307 e. The van der Waals surface area contributed by atoms with Gasteiger partial charge >= 0.3 is 5.97 Å². The molecule has 4 heteroatoms. The summed E-state index contributed by atoms with van der Waals surface area (Å²) in [6.07, 6.45) is 3.88. The molecule has 1 aromatic carbocycles. The van der Waals surface area contributed by atoms with Crippen molar-refractivity contribution >= 4 is 5.97 Å². The van der Waals surface area contributed by atoms with Crippen LogP contribution in [0.1, 0.15) is 44.2 Å². The van der Waals surface area contributed by atoms with Crippen molar-refractivity contribution in [2.75, 3.05) is 19.7 Å². The quantitative estimate of drug-likeness (QED) is 0.774. The maximum atomic E-state index is 13.1. The van der Waals surface area contributed by atoms with Gasteiger partial charge in [-0.3, -0.25) is 9.69 Å². The molecule has 0 aliphatic carbocycles. The number of nitrogens with zero attached hydrogens (tertiary/aromatic N) is 1. The van der Waals surface area contributed by atoms with Gasteiger partial charge in [-0.25, -0.2) is 4.39 Å². The van der Waals surface area contributed by atoms with Crippen molar-refractivity contribution in [3.8, 4) is 0 Å². The zero-order valence-electron chi connectivity index (χ0n) is 12.0. The first-order valence-electron chi connectivity index (χ1n) is 7.36. The predicted octanol–water partition coefficient (Wildman–Crippen LogP) is 3.31. The van der Waals surface area contributed by atoms with Gasteiger partial charge in [-0.15, -0.1) is 0 Å². The normalized spacial score (nSPS) is 17.7. The summed E-state index contributed by atoms with van der Waals surface area (Å²) >= 11 is 0. The second-order valence-electron chi connectivity index (χ2n) is 5.17. The van der Waals surface area contributed by atoms with Gasteiger partial charge in [-0.1, -0.05) is 18.6 Å². The molecule has 1 heterocycles. The molecule has 1 aliphatic heterocycles. The molecular weight excluding hydrogens is 257 g/mol. The van der Waals surface area contributed by atoms with E-state index in [1.165, 1.54) is 18.6 Å². The van der Waals surface area contributed by atoms with Crippen LogP contribution in [-0.4, -0.2) is 30.6 Å². The number of piperidine rings is 1. The van der Waals surface area contributed by atoms with Gasteiger partial charge in [0.15, 0.2) is 0 Å². The lowest BCUT2D eigenvalue weighted by Gasteiger charge is -2.34. The van der Waals surface area contributed by atoms with E-state index in [0.29, 0.717) is 13.0 Å². The van der Waals surface area contributed by atoms with E-state index in [9.17, 15) is 9.18 Å². The Morgan fingerprint density at radius 2 is 1.90 bits per heavy atom. The Bertz CT molecular complexity index is 427. The number of ether oxygens (including phenoxy) is 1. The lowest BCUT2D eigenvalue weighted by atomic mass is 9.99. The van der Waals surface area contributed by atoms with Crippen LogP contribution in [0.15, 0.2) is 24.3 Å². The van der Waals surface area contributed by atoms with Crippen molar-refractivity contribution < 1.29 is 13.9 Å². The average Bonchev–Trinajstić information content (AvgIpc) is 2.47. The highest BCUT2D eigenvalue weighted by atomic mass is 19.1. The molecule has 1 unspecified atom stereocenters. The fourth-order valence-electron chi connectivity index (χ4n) is 2.75. The third-order valence-electron chi connectivity index (χ3n) is 3.75. The summed E-state index contributed by atoms with van der Waals surface area (Å²) in [6.45, 7) is 4.18. The topological polar surface area (TPSA) is 29.5 Å². The number of hydrogen-bond acceptors (Lipinski definition) is 3. The van der Waals surface area contributed by atoms with Gasteiger partial charge in [0.05, 0.1) is 13.0 Å². The van der Waals surface area contributed by atoms with Gasteiger partial charge in [-0.05, 0) is 50.6 Å². The van der Waals surface area contributed by atoms with Crippen LogP contribution in [0.25, 0.3) is 0 Å². The Morgan fingerprint density at radius 3 is 2.50 bits per heavy atom. The third kappa shape index (κ3) is 4.04. The number of esters is 1. The number of rotatable bonds is 5.